The van der Waals surface area contributed by atoms with E-state index in [1.807, 2.05) is 0 Å². The molecule has 0 atom stereocenters. The summed E-state index contributed by atoms with van der Waals surface area (Å²) in [4.78, 5) is 7.18. The van der Waals surface area contributed by atoms with Crippen molar-refractivity contribution >= 4 is 16.7 Å². The van der Waals surface area contributed by atoms with Gasteiger partial charge >= 0.3 is 0 Å². The number of nitrogens with zero attached hydrogens (tertiary/aromatic N) is 3. The van der Waals surface area contributed by atoms with Gasteiger partial charge in [0.05, 0.1) is 35.6 Å². The molecule has 0 spiro atoms. The molecule has 2 aromatic heterocycles. The highest BCUT2D eigenvalue weighted by Crippen LogP contribution is 2.26. The molecule has 0 N–H and O–H groups in total. The first-order chi connectivity index (χ1) is 8.79. The van der Waals surface area contributed by atoms with E-state index in [1.54, 1.807) is 0 Å². The van der Waals surface area contributed by atoms with Crippen molar-refractivity contribution < 1.29 is 4.74 Å². The van der Waals surface area contributed by atoms with E-state index in [0.29, 0.717) is 0 Å². The van der Waals surface area contributed by atoms with Crippen LogP contribution in [0.15, 0.2) is 18.3 Å². The van der Waals surface area contributed by atoms with Gasteiger partial charge in [0.2, 0.25) is 0 Å². The van der Waals surface area contributed by atoms with E-state index in [2.05, 4.69) is 41.8 Å². The summed E-state index contributed by atoms with van der Waals surface area (Å²) in [5.74, 6) is 0. The fourth-order valence-electron chi connectivity index (χ4n) is 2.55. The van der Waals surface area contributed by atoms with Crippen molar-refractivity contribution in [1.29, 1.82) is 0 Å². The van der Waals surface area contributed by atoms with Crippen molar-refractivity contribution in [2.45, 2.75) is 13.3 Å². The number of hydrogen-bond donors (Lipinski definition) is 0. The predicted octanol–water partition coefficient (Wildman–Crippen LogP) is 1.97. The molecular weight excluding hydrogens is 226 g/mol. The lowest BCUT2D eigenvalue weighted by Crippen LogP contribution is -2.37. The predicted molar refractivity (Wildman–Crippen MR) is 73.1 cm³/mol. The molecule has 2 aromatic rings. The molecule has 96 valence electrons. The minimum Gasteiger partial charge on any atom is -0.378 e. The number of aromatic nitrogens is 2. The Morgan fingerprint density at radius 2 is 2.11 bits per heavy atom. The van der Waals surface area contributed by atoms with Crippen molar-refractivity contribution in [1.82, 2.24) is 9.55 Å². The van der Waals surface area contributed by atoms with Crippen LogP contribution in [0.5, 0.6) is 0 Å². The molecule has 0 aliphatic carbocycles. The Morgan fingerprint density at radius 3 is 2.83 bits per heavy atom. The first-order valence-corrected chi connectivity index (χ1v) is 6.57. The smallest absolute Gasteiger partial charge is 0.0885 e. The fraction of sp³-hybridized carbons (Fsp3) is 0.500. The number of hydrogen-bond acceptors (Lipinski definition) is 3. The molecule has 1 saturated heterocycles. The standard InChI is InChI=1S/C14H19N3O/c1-3-11-14(17-6-8-18-9-7-17)10-13-12(15-11)4-5-16(13)2/h4-5,10H,3,6-9H2,1-2H3. The van der Waals surface area contributed by atoms with E-state index >= 15 is 0 Å². The van der Waals surface area contributed by atoms with E-state index in [0.717, 1.165) is 38.2 Å². The molecule has 3 heterocycles. The van der Waals surface area contributed by atoms with Gasteiger partial charge in [-0.15, -0.1) is 0 Å². The van der Waals surface area contributed by atoms with Crippen LogP contribution in [-0.4, -0.2) is 35.9 Å². The van der Waals surface area contributed by atoms with Crippen LogP contribution in [0.1, 0.15) is 12.6 Å². The zero-order chi connectivity index (χ0) is 12.5. The zero-order valence-corrected chi connectivity index (χ0v) is 11.0. The molecule has 0 aromatic carbocycles. The number of ether oxygens (including phenoxy) is 1. The monoisotopic (exact) mass is 245 g/mol. The quantitative estimate of drug-likeness (QED) is 0.810. The summed E-state index contributed by atoms with van der Waals surface area (Å²) in [5, 5.41) is 0. The molecule has 1 fully saturated rings. The van der Waals surface area contributed by atoms with E-state index in [1.165, 1.54) is 16.9 Å². The fourth-order valence-corrected chi connectivity index (χ4v) is 2.55. The van der Waals surface area contributed by atoms with E-state index in [-0.39, 0.29) is 0 Å². The molecule has 1 aliphatic rings. The van der Waals surface area contributed by atoms with Gasteiger partial charge in [0, 0.05) is 26.3 Å². The molecular formula is C14H19N3O. The number of aryl methyl sites for hydroxylation is 2. The largest absolute Gasteiger partial charge is 0.378 e. The lowest BCUT2D eigenvalue weighted by atomic mass is 10.2. The van der Waals surface area contributed by atoms with Gasteiger partial charge in [-0.2, -0.15) is 0 Å². The molecule has 1 aliphatic heterocycles. The van der Waals surface area contributed by atoms with E-state index in [9.17, 15) is 0 Å². The maximum atomic E-state index is 5.42. The highest BCUT2D eigenvalue weighted by molar-refractivity contribution is 5.80. The van der Waals surface area contributed by atoms with Crippen LogP contribution >= 0.6 is 0 Å². The SMILES string of the molecule is CCc1nc2ccn(C)c2cc1N1CCOCC1. The molecule has 0 amide bonds. The lowest BCUT2D eigenvalue weighted by molar-refractivity contribution is 0.122. The second kappa shape index (κ2) is 4.61. The van der Waals surface area contributed by atoms with Crippen LogP contribution in [0, 0.1) is 0 Å². The summed E-state index contributed by atoms with van der Waals surface area (Å²) >= 11 is 0. The van der Waals surface area contributed by atoms with Crippen molar-refractivity contribution in [2.75, 3.05) is 31.2 Å². The van der Waals surface area contributed by atoms with Gasteiger partial charge in [-0.25, -0.2) is 4.98 Å². The van der Waals surface area contributed by atoms with Crippen molar-refractivity contribution in [2.24, 2.45) is 7.05 Å². The Hall–Kier alpha value is -1.55. The molecule has 0 bridgehead atoms. The van der Waals surface area contributed by atoms with Gasteiger partial charge in [-0.3, -0.25) is 0 Å². The molecule has 0 unspecified atom stereocenters. The van der Waals surface area contributed by atoms with Crippen molar-refractivity contribution in [3.8, 4) is 0 Å². The van der Waals surface area contributed by atoms with Gasteiger partial charge in [-0.05, 0) is 18.6 Å². The maximum Gasteiger partial charge on any atom is 0.0885 e. The van der Waals surface area contributed by atoms with Crippen LogP contribution in [0.4, 0.5) is 5.69 Å². The van der Waals surface area contributed by atoms with E-state index < -0.39 is 0 Å². The summed E-state index contributed by atoms with van der Waals surface area (Å²) in [7, 11) is 2.07. The minimum absolute atomic E-state index is 0.814. The summed E-state index contributed by atoms with van der Waals surface area (Å²) < 4.78 is 7.55. The van der Waals surface area contributed by atoms with Gasteiger partial charge in [0.15, 0.2) is 0 Å². The molecule has 4 nitrogen and oxygen atoms in total. The average molecular weight is 245 g/mol. The zero-order valence-electron chi connectivity index (χ0n) is 11.0. The summed E-state index contributed by atoms with van der Waals surface area (Å²) in [6, 6.07) is 4.35. The summed E-state index contributed by atoms with van der Waals surface area (Å²) in [6.07, 6.45) is 3.04. The van der Waals surface area contributed by atoms with Crippen LogP contribution in [-0.2, 0) is 18.2 Å². The maximum absolute atomic E-state index is 5.42. The molecule has 3 rings (SSSR count). The lowest BCUT2D eigenvalue weighted by Gasteiger charge is -2.30. The normalized spacial score (nSPS) is 16.4. The second-order valence-corrected chi connectivity index (χ2v) is 4.74. The minimum atomic E-state index is 0.814. The highest BCUT2D eigenvalue weighted by Gasteiger charge is 2.16. The van der Waals surface area contributed by atoms with Crippen LogP contribution in [0.2, 0.25) is 0 Å². The highest BCUT2D eigenvalue weighted by atomic mass is 16.5. The first-order valence-electron chi connectivity index (χ1n) is 6.57. The number of pyridine rings is 1. The van der Waals surface area contributed by atoms with Gasteiger partial charge in [-0.1, -0.05) is 6.92 Å². The molecule has 18 heavy (non-hydrogen) atoms. The Kier molecular flexibility index (Phi) is 2.96. The third-order valence-corrected chi connectivity index (χ3v) is 3.61. The van der Waals surface area contributed by atoms with E-state index in [4.69, 9.17) is 9.72 Å². The Labute approximate surface area is 107 Å². The summed E-state index contributed by atoms with van der Waals surface area (Å²) in [5.41, 5.74) is 4.76. The second-order valence-electron chi connectivity index (χ2n) is 4.74. The first kappa shape index (κ1) is 11.5. The average Bonchev–Trinajstić information content (AvgIpc) is 2.79. The Bertz CT molecular complexity index is 555. The third kappa shape index (κ3) is 1.86. The Morgan fingerprint density at radius 1 is 1.33 bits per heavy atom. The Balaban J connectivity index is 2.09. The third-order valence-electron chi connectivity index (χ3n) is 3.61. The molecule has 0 radical (unpaired) electrons. The molecule has 0 saturated carbocycles. The number of rotatable bonds is 2. The number of morpholine rings is 1. The topological polar surface area (TPSA) is 30.3 Å². The number of fused-ring (bicyclic) bond motifs is 1. The van der Waals surface area contributed by atoms with Crippen LogP contribution in [0.3, 0.4) is 0 Å². The van der Waals surface area contributed by atoms with Crippen molar-refractivity contribution in [3.63, 3.8) is 0 Å². The number of anilines is 1. The van der Waals surface area contributed by atoms with Crippen LogP contribution < -0.4 is 4.90 Å². The van der Waals surface area contributed by atoms with Crippen molar-refractivity contribution in [3.05, 3.63) is 24.0 Å². The van der Waals surface area contributed by atoms with Gasteiger partial charge in [0.1, 0.15) is 0 Å². The summed E-state index contributed by atoms with van der Waals surface area (Å²) in [6.45, 7) is 5.72. The molecule has 4 heteroatoms. The van der Waals surface area contributed by atoms with Gasteiger partial charge in [0.25, 0.3) is 0 Å². The van der Waals surface area contributed by atoms with Gasteiger partial charge < -0.3 is 14.2 Å². The van der Waals surface area contributed by atoms with Crippen LogP contribution in [0.25, 0.3) is 11.0 Å².